The van der Waals surface area contributed by atoms with E-state index in [1.165, 1.54) is 6.42 Å². The van der Waals surface area contributed by atoms with E-state index in [-0.39, 0.29) is 5.96 Å². The van der Waals surface area contributed by atoms with Gasteiger partial charge in [0.15, 0.2) is 0 Å². The van der Waals surface area contributed by atoms with Crippen LogP contribution >= 0.6 is 0 Å². The lowest BCUT2D eigenvalue weighted by molar-refractivity contribution is 0.0540. The summed E-state index contributed by atoms with van der Waals surface area (Å²) in [7, 11) is 0. The van der Waals surface area contributed by atoms with E-state index >= 15 is 0 Å². The highest BCUT2D eigenvalue weighted by atomic mass is 16.6. The molecule has 0 atom stereocenters. The second-order valence-electron chi connectivity index (χ2n) is 10.4. The Balaban J connectivity index is -0.000000723. The number of aliphatic imine (C=N–C) groups is 1. The lowest BCUT2D eigenvalue weighted by Gasteiger charge is -2.22. The van der Waals surface area contributed by atoms with Crippen LogP contribution in [0, 0.1) is 0 Å². The summed E-state index contributed by atoms with van der Waals surface area (Å²) in [6, 6.07) is 0. The molecule has 0 bridgehead atoms. The summed E-state index contributed by atoms with van der Waals surface area (Å²) in [6.45, 7) is 22.7. The van der Waals surface area contributed by atoms with Crippen LogP contribution < -0.4 is 16.4 Å². The van der Waals surface area contributed by atoms with Gasteiger partial charge in [-0.1, -0.05) is 40.0 Å². The maximum absolute atomic E-state index is 11.8. The van der Waals surface area contributed by atoms with E-state index in [4.69, 9.17) is 15.2 Å². The normalized spacial score (nSPS) is 10.8. The van der Waals surface area contributed by atoms with Crippen molar-refractivity contribution in [1.82, 2.24) is 10.6 Å². The second kappa shape index (κ2) is 17.9. The highest BCUT2D eigenvalue weighted by Gasteiger charge is 2.21. The number of rotatable bonds is 4. The number of nitrogens with two attached hydrogens (primary N) is 1. The Kier molecular flexibility index (Phi) is 19.0. The molecule has 0 unspecified atom stereocenters. The highest BCUT2D eigenvalue weighted by Crippen LogP contribution is 2.08. The van der Waals surface area contributed by atoms with Gasteiger partial charge in [-0.3, -0.25) is 15.6 Å². The number of carbonyl (C=O) groups excluding carboxylic acids is 3. The van der Waals surface area contributed by atoms with Crippen molar-refractivity contribution in [3.63, 3.8) is 0 Å². The van der Waals surface area contributed by atoms with Crippen molar-refractivity contribution >= 4 is 24.2 Å². The van der Waals surface area contributed by atoms with Crippen LogP contribution in [0.15, 0.2) is 4.99 Å². The average molecular weight is 491 g/mol. The first-order chi connectivity index (χ1) is 15.3. The number of guanidine groups is 1. The van der Waals surface area contributed by atoms with Crippen molar-refractivity contribution in [1.29, 1.82) is 0 Å². The van der Waals surface area contributed by atoms with Gasteiger partial charge in [-0.15, -0.1) is 0 Å². The standard InChI is InChI=1S/C16H31N3O4.C5H11NO2.C3H8/c1-8-9-10-11-17-12(18-13(20)22-15(2,3)4)19-14(21)23-16(5,6)7;1-5(2,3)8-4(6)7;1-3-2/h8-11H2,1-7H3,(H2,17,18,19,20,21);1-3H3,(H2,6,7);3H2,1-2H3. The van der Waals surface area contributed by atoms with Crippen molar-refractivity contribution in [3.8, 4) is 0 Å². The number of hydrogen-bond donors (Lipinski definition) is 3. The van der Waals surface area contributed by atoms with Crippen LogP contribution in [0.2, 0.25) is 0 Å². The summed E-state index contributed by atoms with van der Waals surface area (Å²) >= 11 is 0. The molecule has 0 fully saturated rings. The predicted molar refractivity (Wildman–Crippen MR) is 137 cm³/mol. The molecule has 0 aromatic heterocycles. The maximum atomic E-state index is 11.8. The van der Waals surface area contributed by atoms with Gasteiger partial charge in [0, 0.05) is 6.54 Å². The molecule has 0 saturated carbocycles. The third kappa shape index (κ3) is 34.1. The van der Waals surface area contributed by atoms with Gasteiger partial charge in [0.25, 0.3) is 0 Å². The number of primary amides is 1. The fraction of sp³-hybridized carbons (Fsp3) is 0.833. The molecule has 10 heteroatoms. The number of ether oxygens (including phenoxy) is 3. The minimum absolute atomic E-state index is 0.0320. The van der Waals surface area contributed by atoms with Gasteiger partial charge in [0.1, 0.15) is 16.8 Å². The fourth-order valence-corrected chi connectivity index (χ4v) is 1.77. The molecular weight excluding hydrogens is 440 g/mol. The molecule has 34 heavy (non-hydrogen) atoms. The average Bonchev–Trinajstić information content (AvgIpc) is 2.54. The van der Waals surface area contributed by atoms with Crippen LogP contribution in [0.5, 0.6) is 0 Å². The van der Waals surface area contributed by atoms with E-state index < -0.39 is 35.1 Å². The quantitative estimate of drug-likeness (QED) is 0.194. The first kappa shape index (κ1) is 36.1. The molecule has 0 aromatic rings. The third-order valence-corrected chi connectivity index (χ3v) is 2.68. The topological polar surface area (TPSA) is 141 Å². The second-order valence-corrected chi connectivity index (χ2v) is 10.4. The molecule has 0 aliphatic rings. The van der Waals surface area contributed by atoms with Crippen molar-refractivity contribution < 1.29 is 28.6 Å². The molecule has 0 radical (unpaired) electrons. The predicted octanol–water partition coefficient (Wildman–Crippen LogP) is 5.88. The number of nitrogens with one attached hydrogen (secondary N) is 2. The Morgan fingerprint density at radius 1 is 0.706 bits per heavy atom. The number of nitrogens with zero attached hydrogens (tertiary/aromatic N) is 1. The molecule has 0 heterocycles. The number of carbonyl (C=O) groups is 3. The number of alkyl carbamates (subject to hydrolysis) is 2. The zero-order valence-electron chi connectivity index (χ0n) is 23.5. The molecule has 202 valence electrons. The van der Waals surface area contributed by atoms with Crippen LogP contribution in [0.25, 0.3) is 0 Å². The minimum atomic E-state index is -0.725. The Labute approximate surface area is 206 Å². The minimum Gasteiger partial charge on any atom is -0.444 e. The van der Waals surface area contributed by atoms with Crippen molar-refractivity contribution in [2.45, 2.75) is 126 Å². The SMILES string of the molecule is CC(C)(C)OC(N)=O.CCC.CCCCCN=C(NC(=O)OC(C)(C)C)NC(=O)OC(C)(C)C. The maximum Gasteiger partial charge on any atom is 0.414 e. The Hall–Kier alpha value is -2.52. The molecular formula is C24H50N4O6. The van der Waals surface area contributed by atoms with Crippen molar-refractivity contribution in [2.75, 3.05) is 6.54 Å². The highest BCUT2D eigenvalue weighted by molar-refractivity contribution is 6.01. The molecule has 10 nitrogen and oxygen atoms in total. The van der Waals surface area contributed by atoms with Crippen molar-refractivity contribution in [3.05, 3.63) is 0 Å². The molecule has 3 amide bonds. The first-order valence-electron chi connectivity index (χ1n) is 11.8. The van der Waals surface area contributed by atoms with Crippen LogP contribution in [0.1, 0.15) is 109 Å². The molecule has 0 rings (SSSR count). The zero-order valence-corrected chi connectivity index (χ0v) is 23.5. The Morgan fingerprint density at radius 3 is 1.29 bits per heavy atom. The fourth-order valence-electron chi connectivity index (χ4n) is 1.77. The summed E-state index contributed by atoms with van der Waals surface area (Å²) < 4.78 is 14.9. The van der Waals surface area contributed by atoms with E-state index in [1.54, 1.807) is 62.3 Å². The van der Waals surface area contributed by atoms with Gasteiger partial charge in [-0.2, -0.15) is 0 Å². The van der Waals surface area contributed by atoms with E-state index in [0.29, 0.717) is 6.54 Å². The van der Waals surface area contributed by atoms with Gasteiger partial charge in [-0.05, 0) is 68.7 Å². The largest absolute Gasteiger partial charge is 0.444 e. The molecule has 0 aromatic carbocycles. The molecule has 0 saturated heterocycles. The van der Waals surface area contributed by atoms with Crippen LogP contribution in [0.4, 0.5) is 14.4 Å². The molecule has 0 aliphatic heterocycles. The number of unbranched alkanes of at least 4 members (excludes halogenated alkanes) is 2. The Bertz CT molecular complexity index is 582. The van der Waals surface area contributed by atoms with Crippen LogP contribution in [0.3, 0.4) is 0 Å². The van der Waals surface area contributed by atoms with E-state index in [9.17, 15) is 14.4 Å². The first-order valence-corrected chi connectivity index (χ1v) is 11.8. The molecule has 0 aliphatic carbocycles. The van der Waals surface area contributed by atoms with E-state index in [0.717, 1.165) is 19.3 Å². The van der Waals surface area contributed by atoms with Crippen LogP contribution in [-0.2, 0) is 14.2 Å². The number of amides is 3. The van der Waals surface area contributed by atoms with E-state index in [2.05, 4.69) is 41.1 Å². The monoisotopic (exact) mass is 490 g/mol. The van der Waals surface area contributed by atoms with Gasteiger partial charge >= 0.3 is 18.3 Å². The van der Waals surface area contributed by atoms with Gasteiger partial charge in [-0.25, -0.2) is 14.4 Å². The van der Waals surface area contributed by atoms with Crippen LogP contribution in [-0.4, -0.2) is 47.6 Å². The summed E-state index contributed by atoms with van der Waals surface area (Å²) in [5.74, 6) is 0.0320. The summed E-state index contributed by atoms with van der Waals surface area (Å²) in [5, 5.41) is 4.89. The molecule has 4 N–H and O–H groups in total. The summed E-state index contributed by atoms with van der Waals surface area (Å²) in [5.41, 5.74) is 2.99. The Morgan fingerprint density at radius 2 is 1.06 bits per heavy atom. The van der Waals surface area contributed by atoms with E-state index in [1.807, 2.05) is 0 Å². The summed E-state index contributed by atoms with van der Waals surface area (Å²) in [6.07, 6.45) is 2.12. The number of hydrogen-bond acceptors (Lipinski definition) is 7. The van der Waals surface area contributed by atoms with Gasteiger partial charge in [0.05, 0.1) is 0 Å². The zero-order chi connectivity index (χ0) is 27.6. The van der Waals surface area contributed by atoms with Crippen molar-refractivity contribution in [2.24, 2.45) is 10.7 Å². The summed E-state index contributed by atoms with van der Waals surface area (Å²) in [4.78, 5) is 37.8. The lowest BCUT2D eigenvalue weighted by atomic mass is 10.2. The lowest BCUT2D eigenvalue weighted by Crippen LogP contribution is -2.47. The third-order valence-electron chi connectivity index (χ3n) is 2.68. The smallest absolute Gasteiger partial charge is 0.414 e. The van der Waals surface area contributed by atoms with Gasteiger partial charge in [0.2, 0.25) is 5.96 Å². The molecule has 0 spiro atoms. The van der Waals surface area contributed by atoms with Gasteiger partial charge < -0.3 is 19.9 Å².